The van der Waals surface area contributed by atoms with Crippen molar-refractivity contribution in [1.82, 2.24) is 0 Å². The van der Waals surface area contributed by atoms with E-state index in [1.165, 1.54) is 11.8 Å². The van der Waals surface area contributed by atoms with Crippen molar-refractivity contribution in [2.75, 3.05) is 0 Å². The van der Waals surface area contributed by atoms with E-state index in [4.69, 9.17) is 0 Å². The minimum atomic E-state index is -0.00801. The van der Waals surface area contributed by atoms with Gasteiger partial charge in [0, 0.05) is 0 Å². The molecule has 0 amide bonds. The lowest BCUT2D eigenvalue weighted by atomic mass is 10.3. The lowest BCUT2D eigenvalue weighted by Crippen LogP contribution is -1.82. The van der Waals surface area contributed by atoms with E-state index >= 15 is 0 Å². The Morgan fingerprint density at radius 1 is 1.38 bits per heavy atom. The predicted octanol–water partition coefficient (Wildman–Crippen LogP) is 4.02. The first kappa shape index (κ1) is 12.5. The second kappa shape index (κ2) is 6.08. The van der Waals surface area contributed by atoms with E-state index in [9.17, 15) is 10.2 Å². The van der Waals surface area contributed by atoms with Crippen LogP contribution in [0.4, 0.5) is 0 Å². The van der Waals surface area contributed by atoms with Crippen molar-refractivity contribution < 1.29 is 10.2 Å². The summed E-state index contributed by atoms with van der Waals surface area (Å²) in [7, 11) is 0. The van der Waals surface area contributed by atoms with E-state index in [1.54, 1.807) is 24.3 Å². The lowest BCUT2D eigenvalue weighted by Gasteiger charge is -2.06. The molecule has 0 aliphatic heterocycles. The summed E-state index contributed by atoms with van der Waals surface area (Å²) in [5.74, 6) is 0.187. The normalized spacial score (nSPS) is 11.9. The molecular weight excluding hydrogens is 220 g/mol. The minimum absolute atomic E-state index is 0.00801. The SMILES string of the molecule is C=C(O)/C(=C\C=C/C)Sc1ccccc1O. The van der Waals surface area contributed by atoms with Gasteiger partial charge in [0.2, 0.25) is 0 Å². The van der Waals surface area contributed by atoms with Crippen LogP contribution in [0.3, 0.4) is 0 Å². The molecule has 1 rings (SSSR count). The van der Waals surface area contributed by atoms with Gasteiger partial charge in [-0.2, -0.15) is 0 Å². The number of hydrogen-bond acceptors (Lipinski definition) is 3. The Morgan fingerprint density at radius 3 is 2.62 bits per heavy atom. The number of hydrogen-bond donors (Lipinski definition) is 2. The van der Waals surface area contributed by atoms with Crippen LogP contribution in [0.2, 0.25) is 0 Å². The van der Waals surface area contributed by atoms with Gasteiger partial charge in [0.25, 0.3) is 0 Å². The largest absolute Gasteiger partial charge is 0.507 e. The highest BCUT2D eigenvalue weighted by Crippen LogP contribution is 2.35. The van der Waals surface area contributed by atoms with E-state index in [0.717, 1.165) is 0 Å². The van der Waals surface area contributed by atoms with Crippen molar-refractivity contribution in [3.05, 3.63) is 59.7 Å². The van der Waals surface area contributed by atoms with Crippen LogP contribution < -0.4 is 0 Å². The fourth-order valence-electron chi connectivity index (χ4n) is 1.03. The fraction of sp³-hybridized carbons (Fsp3) is 0.0769. The highest BCUT2D eigenvalue weighted by molar-refractivity contribution is 8.03. The van der Waals surface area contributed by atoms with E-state index < -0.39 is 0 Å². The van der Waals surface area contributed by atoms with Crippen molar-refractivity contribution in [1.29, 1.82) is 0 Å². The topological polar surface area (TPSA) is 40.5 Å². The van der Waals surface area contributed by atoms with Gasteiger partial charge in [0.05, 0.1) is 9.80 Å². The van der Waals surface area contributed by atoms with Crippen LogP contribution in [0.1, 0.15) is 6.92 Å². The Labute approximate surface area is 99.6 Å². The van der Waals surface area contributed by atoms with Crippen LogP contribution in [0.15, 0.2) is 64.6 Å². The van der Waals surface area contributed by atoms with Crippen LogP contribution in [0, 0.1) is 0 Å². The summed E-state index contributed by atoms with van der Waals surface area (Å²) < 4.78 is 0. The molecule has 0 atom stereocenters. The van der Waals surface area contributed by atoms with Crippen molar-refractivity contribution in [3.63, 3.8) is 0 Å². The molecule has 0 unspecified atom stereocenters. The number of phenolic OH excluding ortho intramolecular Hbond substituents is 1. The molecule has 0 aromatic heterocycles. The highest BCUT2D eigenvalue weighted by Gasteiger charge is 2.06. The molecule has 1 aromatic rings. The molecule has 0 heterocycles. The number of allylic oxidation sites excluding steroid dienone is 3. The van der Waals surface area contributed by atoms with Crippen LogP contribution in [0.25, 0.3) is 0 Å². The second-order valence-electron chi connectivity index (χ2n) is 3.07. The van der Waals surface area contributed by atoms with Crippen molar-refractivity contribution in [2.45, 2.75) is 11.8 Å². The van der Waals surface area contributed by atoms with Gasteiger partial charge in [-0.1, -0.05) is 42.6 Å². The summed E-state index contributed by atoms with van der Waals surface area (Å²) in [5, 5.41) is 19.0. The number of benzene rings is 1. The monoisotopic (exact) mass is 234 g/mol. The third-order valence-corrected chi connectivity index (χ3v) is 2.97. The van der Waals surface area contributed by atoms with E-state index in [2.05, 4.69) is 6.58 Å². The van der Waals surface area contributed by atoms with E-state index in [-0.39, 0.29) is 11.5 Å². The maximum atomic E-state index is 9.59. The Hall–Kier alpha value is -1.61. The maximum Gasteiger partial charge on any atom is 0.129 e. The molecule has 3 heteroatoms. The molecule has 0 spiro atoms. The number of rotatable bonds is 4. The molecule has 2 N–H and O–H groups in total. The average molecular weight is 234 g/mol. The molecular formula is C13H14O2S. The Kier molecular flexibility index (Phi) is 4.73. The lowest BCUT2D eigenvalue weighted by molar-refractivity contribution is 0.433. The van der Waals surface area contributed by atoms with Gasteiger partial charge in [-0.05, 0) is 25.1 Å². The molecule has 0 aliphatic carbocycles. The van der Waals surface area contributed by atoms with Gasteiger partial charge < -0.3 is 10.2 Å². The summed E-state index contributed by atoms with van der Waals surface area (Å²) in [5.41, 5.74) is 0. The van der Waals surface area contributed by atoms with Crippen molar-refractivity contribution in [3.8, 4) is 5.75 Å². The number of aliphatic hydroxyl groups excluding tert-OH is 1. The molecule has 0 bridgehead atoms. The third-order valence-electron chi connectivity index (χ3n) is 1.81. The molecule has 84 valence electrons. The smallest absolute Gasteiger partial charge is 0.129 e. The van der Waals surface area contributed by atoms with Gasteiger partial charge in [-0.15, -0.1) is 0 Å². The molecule has 16 heavy (non-hydrogen) atoms. The minimum Gasteiger partial charge on any atom is -0.507 e. The van der Waals surface area contributed by atoms with Crippen LogP contribution in [-0.4, -0.2) is 10.2 Å². The number of aromatic hydroxyl groups is 1. The van der Waals surface area contributed by atoms with Crippen molar-refractivity contribution in [2.24, 2.45) is 0 Å². The molecule has 2 nitrogen and oxygen atoms in total. The third kappa shape index (κ3) is 3.51. The first-order valence-corrected chi connectivity index (χ1v) is 5.64. The Bertz CT molecular complexity index is 433. The highest BCUT2D eigenvalue weighted by atomic mass is 32.2. The number of thioether (sulfide) groups is 1. The molecule has 0 aliphatic rings. The van der Waals surface area contributed by atoms with Gasteiger partial charge in [-0.3, -0.25) is 0 Å². The van der Waals surface area contributed by atoms with Crippen LogP contribution in [0.5, 0.6) is 5.75 Å². The molecule has 0 saturated carbocycles. The second-order valence-corrected chi connectivity index (χ2v) is 4.16. The van der Waals surface area contributed by atoms with Gasteiger partial charge in [0.15, 0.2) is 0 Å². The number of aliphatic hydroxyl groups is 1. The van der Waals surface area contributed by atoms with Gasteiger partial charge in [0.1, 0.15) is 11.5 Å². The Balaban J connectivity index is 2.93. The Morgan fingerprint density at radius 2 is 2.06 bits per heavy atom. The number of para-hydroxylation sites is 1. The predicted molar refractivity (Wildman–Crippen MR) is 68.6 cm³/mol. The summed E-state index contributed by atoms with van der Waals surface area (Å²) in [6, 6.07) is 6.97. The average Bonchev–Trinajstić information content (AvgIpc) is 2.26. The standard InChI is InChI=1S/C13H14O2S/c1-3-4-8-12(10(2)14)16-13-9-6-5-7-11(13)15/h3-9,14-15H,2H2,1H3/b4-3-,12-8+. The first-order chi connectivity index (χ1) is 7.65. The van der Waals surface area contributed by atoms with Gasteiger partial charge >= 0.3 is 0 Å². The van der Waals surface area contributed by atoms with Crippen LogP contribution in [-0.2, 0) is 0 Å². The van der Waals surface area contributed by atoms with Crippen molar-refractivity contribution >= 4 is 11.8 Å². The van der Waals surface area contributed by atoms with E-state index in [1.807, 2.05) is 25.1 Å². The molecule has 1 aromatic carbocycles. The summed E-state index contributed by atoms with van der Waals surface area (Å²) in [4.78, 5) is 1.30. The summed E-state index contributed by atoms with van der Waals surface area (Å²) >= 11 is 1.27. The first-order valence-electron chi connectivity index (χ1n) is 4.82. The zero-order valence-corrected chi connectivity index (χ0v) is 9.87. The van der Waals surface area contributed by atoms with E-state index in [0.29, 0.717) is 9.80 Å². The van der Waals surface area contributed by atoms with Gasteiger partial charge in [-0.25, -0.2) is 0 Å². The maximum absolute atomic E-state index is 9.59. The molecule has 0 saturated heterocycles. The zero-order valence-electron chi connectivity index (χ0n) is 9.05. The quantitative estimate of drug-likeness (QED) is 0.469. The summed E-state index contributed by atoms with van der Waals surface area (Å²) in [6.07, 6.45) is 5.41. The fourth-order valence-corrected chi connectivity index (χ4v) is 1.86. The van der Waals surface area contributed by atoms with Crippen LogP contribution >= 0.6 is 11.8 Å². The zero-order chi connectivity index (χ0) is 12.0. The number of phenols is 1. The molecule has 0 fully saturated rings. The summed E-state index contributed by atoms with van der Waals surface area (Å²) in [6.45, 7) is 5.37. The molecule has 0 radical (unpaired) electrons.